The minimum absolute atomic E-state index is 0.133. The van der Waals surface area contributed by atoms with E-state index in [1.165, 1.54) is 0 Å². The molecular weight excluding hydrogens is 348 g/mol. The molecule has 2 fully saturated rings. The van der Waals surface area contributed by atoms with Crippen LogP contribution in [0.5, 0.6) is 0 Å². The number of fused-ring (bicyclic) bond motifs is 1. The van der Waals surface area contributed by atoms with Crippen molar-refractivity contribution in [1.29, 1.82) is 0 Å². The lowest BCUT2D eigenvalue weighted by molar-refractivity contribution is -0.136. The Kier molecular flexibility index (Phi) is 4.49. The molecule has 2 saturated heterocycles. The normalized spacial score (nSPS) is 24.6. The van der Waals surface area contributed by atoms with Crippen molar-refractivity contribution < 1.29 is 19.1 Å². The maximum absolute atomic E-state index is 13.1. The van der Waals surface area contributed by atoms with Gasteiger partial charge >= 0.3 is 0 Å². The summed E-state index contributed by atoms with van der Waals surface area (Å²) in [6.07, 6.45) is 0.633. The van der Waals surface area contributed by atoms with Gasteiger partial charge in [-0.05, 0) is 17.5 Å². The topological polar surface area (TPSA) is 105 Å². The van der Waals surface area contributed by atoms with Crippen LogP contribution in [0.2, 0.25) is 0 Å². The van der Waals surface area contributed by atoms with E-state index < -0.39 is 6.04 Å². The van der Waals surface area contributed by atoms with E-state index in [0.717, 1.165) is 24.2 Å². The van der Waals surface area contributed by atoms with E-state index in [9.17, 15) is 14.4 Å². The molecule has 3 aliphatic heterocycles. The summed E-state index contributed by atoms with van der Waals surface area (Å²) in [4.78, 5) is 40.4. The Hall–Kier alpha value is -2.29. The monoisotopic (exact) mass is 372 g/mol. The Morgan fingerprint density at radius 3 is 2.78 bits per heavy atom. The fourth-order valence-corrected chi connectivity index (χ4v) is 4.40. The molecule has 0 aromatic heterocycles. The highest BCUT2D eigenvalue weighted by atomic mass is 16.5. The third-order valence-corrected chi connectivity index (χ3v) is 5.54. The molecule has 0 radical (unpaired) electrons. The first-order valence-electron chi connectivity index (χ1n) is 9.16. The van der Waals surface area contributed by atoms with E-state index >= 15 is 0 Å². The number of nitrogens with zero attached hydrogens (tertiary/aromatic N) is 2. The average Bonchev–Trinajstić information content (AvgIpc) is 2.91. The SMILES string of the molecule is COCC1(N)CN(Cc2cccc3c2C(=O)N(C2CCC(=O)NC2=O)C3)C1. The second-order valence-electron chi connectivity index (χ2n) is 7.79. The van der Waals surface area contributed by atoms with Gasteiger partial charge in [0.25, 0.3) is 5.91 Å². The van der Waals surface area contributed by atoms with Gasteiger partial charge in [-0.15, -0.1) is 0 Å². The van der Waals surface area contributed by atoms with Gasteiger partial charge in [-0.3, -0.25) is 24.6 Å². The van der Waals surface area contributed by atoms with Crippen molar-refractivity contribution in [3.05, 3.63) is 34.9 Å². The minimum atomic E-state index is -0.585. The van der Waals surface area contributed by atoms with E-state index in [1.54, 1.807) is 12.0 Å². The number of likely N-dealkylation sites (tertiary alicyclic amines) is 1. The molecule has 8 heteroatoms. The van der Waals surface area contributed by atoms with Gasteiger partial charge in [0.2, 0.25) is 11.8 Å². The van der Waals surface area contributed by atoms with Gasteiger partial charge in [0.1, 0.15) is 6.04 Å². The van der Waals surface area contributed by atoms with Crippen LogP contribution >= 0.6 is 0 Å². The summed E-state index contributed by atoms with van der Waals surface area (Å²) in [5, 5.41) is 2.33. The maximum atomic E-state index is 13.1. The molecule has 1 atom stereocenters. The smallest absolute Gasteiger partial charge is 0.255 e. The number of imide groups is 1. The minimum Gasteiger partial charge on any atom is -0.383 e. The van der Waals surface area contributed by atoms with Crippen LogP contribution in [0.25, 0.3) is 0 Å². The summed E-state index contributed by atoms with van der Waals surface area (Å²) in [5.41, 5.74) is 8.47. The Balaban J connectivity index is 1.49. The second-order valence-corrected chi connectivity index (χ2v) is 7.79. The molecule has 144 valence electrons. The van der Waals surface area contributed by atoms with Crippen LogP contribution in [0, 0.1) is 0 Å². The molecule has 4 rings (SSSR count). The van der Waals surface area contributed by atoms with Crippen molar-refractivity contribution in [2.24, 2.45) is 5.73 Å². The molecule has 27 heavy (non-hydrogen) atoms. The average molecular weight is 372 g/mol. The van der Waals surface area contributed by atoms with Gasteiger partial charge in [0, 0.05) is 45.3 Å². The zero-order chi connectivity index (χ0) is 19.2. The highest BCUT2D eigenvalue weighted by molar-refractivity contribution is 6.05. The zero-order valence-electron chi connectivity index (χ0n) is 15.4. The number of hydrogen-bond donors (Lipinski definition) is 2. The largest absolute Gasteiger partial charge is 0.383 e. The molecule has 3 amide bonds. The number of carbonyl (C=O) groups is 3. The number of piperidine rings is 1. The van der Waals surface area contributed by atoms with E-state index in [-0.39, 0.29) is 29.7 Å². The van der Waals surface area contributed by atoms with Crippen molar-refractivity contribution in [2.75, 3.05) is 26.8 Å². The lowest BCUT2D eigenvalue weighted by Gasteiger charge is -2.47. The number of ether oxygens (including phenoxy) is 1. The van der Waals surface area contributed by atoms with Crippen molar-refractivity contribution in [3.63, 3.8) is 0 Å². The van der Waals surface area contributed by atoms with Gasteiger partial charge in [-0.1, -0.05) is 18.2 Å². The number of methoxy groups -OCH3 is 1. The van der Waals surface area contributed by atoms with E-state index in [2.05, 4.69) is 10.2 Å². The number of carbonyl (C=O) groups excluding carboxylic acids is 3. The van der Waals surface area contributed by atoms with Gasteiger partial charge in [0.05, 0.1) is 12.1 Å². The first-order chi connectivity index (χ1) is 12.9. The van der Waals surface area contributed by atoms with Crippen LogP contribution in [0.1, 0.15) is 34.3 Å². The first-order valence-corrected chi connectivity index (χ1v) is 9.16. The van der Waals surface area contributed by atoms with Gasteiger partial charge < -0.3 is 15.4 Å². The Labute approximate surface area is 157 Å². The third-order valence-electron chi connectivity index (χ3n) is 5.54. The van der Waals surface area contributed by atoms with Crippen molar-refractivity contribution in [3.8, 4) is 0 Å². The molecule has 1 aromatic carbocycles. The molecular formula is C19H24N4O4. The molecule has 0 spiro atoms. The third kappa shape index (κ3) is 3.24. The number of amides is 3. The fraction of sp³-hybridized carbons (Fsp3) is 0.526. The molecule has 3 aliphatic rings. The Bertz CT molecular complexity index is 803. The second kappa shape index (κ2) is 6.70. The first kappa shape index (κ1) is 18.1. The molecule has 3 N–H and O–H groups in total. The van der Waals surface area contributed by atoms with Crippen molar-refractivity contribution in [1.82, 2.24) is 15.1 Å². The fourth-order valence-electron chi connectivity index (χ4n) is 4.40. The van der Waals surface area contributed by atoms with E-state index in [4.69, 9.17) is 10.5 Å². The highest BCUT2D eigenvalue weighted by Crippen LogP contribution is 2.31. The summed E-state index contributed by atoms with van der Waals surface area (Å²) in [6, 6.07) is 5.24. The summed E-state index contributed by atoms with van der Waals surface area (Å²) < 4.78 is 5.16. The van der Waals surface area contributed by atoms with E-state index in [0.29, 0.717) is 31.7 Å². The number of rotatable bonds is 5. The molecule has 3 heterocycles. The van der Waals surface area contributed by atoms with Crippen LogP contribution in [-0.4, -0.2) is 65.9 Å². The lowest BCUT2D eigenvalue weighted by atomic mass is 9.91. The number of nitrogens with two attached hydrogens (primary N) is 1. The van der Waals surface area contributed by atoms with Crippen LogP contribution in [0.3, 0.4) is 0 Å². The lowest BCUT2D eigenvalue weighted by Crippen LogP contribution is -2.69. The van der Waals surface area contributed by atoms with Crippen LogP contribution in [0.15, 0.2) is 18.2 Å². The van der Waals surface area contributed by atoms with E-state index in [1.807, 2.05) is 18.2 Å². The van der Waals surface area contributed by atoms with Crippen LogP contribution in [-0.2, 0) is 27.4 Å². The van der Waals surface area contributed by atoms with Gasteiger partial charge in [-0.25, -0.2) is 0 Å². The van der Waals surface area contributed by atoms with Crippen LogP contribution < -0.4 is 11.1 Å². The summed E-state index contributed by atoms with van der Waals surface area (Å²) in [6.45, 7) is 2.99. The number of nitrogens with one attached hydrogen (secondary N) is 1. The maximum Gasteiger partial charge on any atom is 0.255 e. The summed E-state index contributed by atoms with van der Waals surface area (Å²) >= 11 is 0. The standard InChI is InChI=1S/C19H24N4O4/c1-27-11-19(20)9-22(10-19)7-12-3-2-4-13-8-23(18(26)16(12)13)14-5-6-15(24)21-17(14)25/h2-4,14H,5-11,20H2,1H3,(H,21,24,25). The molecule has 0 aliphatic carbocycles. The number of hydrogen-bond acceptors (Lipinski definition) is 6. The Morgan fingerprint density at radius 1 is 1.30 bits per heavy atom. The van der Waals surface area contributed by atoms with Crippen molar-refractivity contribution >= 4 is 17.7 Å². The highest BCUT2D eigenvalue weighted by Gasteiger charge is 2.42. The van der Waals surface area contributed by atoms with Crippen LogP contribution in [0.4, 0.5) is 0 Å². The number of benzene rings is 1. The predicted octanol–water partition coefficient (Wildman–Crippen LogP) is -0.393. The molecule has 0 bridgehead atoms. The van der Waals surface area contributed by atoms with Crippen molar-refractivity contribution in [2.45, 2.75) is 37.5 Å². The van der Waals surface area contributed by atoms with Gasteiger partial charge in [-0.2, -0.15) is 0 Å². The molecule has 0 saturated carbocycles. The van der Waals surface area contributed by atoms with Gasteiger partial charge in [0.15, 0.2) is 0 Å². The Morgan fingerprint density at radius 2 is 2.07 bits per heavy atom. The zero-order valence-corrected chi connectivity index (χ0v) is 15.4. The molecule has 1 unspecified atom stereocenters. The molecule has 1 aromatic rings. The summed E-state index contributed by atoms with van der Waals surface area (Å²) in [5.74, 6) is -0.795. The molecule has 8 nitrogen and oxygen atoms in total. The predicted molar refractivity (Wildman–Crippen MR) is 96.6 cm³/mol. The summed E-state index contributed by atoms with van der Waals surface area (Å²) in [7, 11) is 1.64. The quantitative estimate of drug-likeness (QED) is 0.682.